The summed E-state index contributed by atoms with van der Waals surface area (Å²) >= 11 is 5.89. The van der Waals surface area contributed by atoms with Crippen molar-refractivity contribution in [2.45, 2.75) is 25.9 Å². The number of halogens is 4. The number of nitrogens with zero attached hydrogens (tertiary/aromatic N) is 2. The molecule has 2 heterocycles. The Kier molecular flexibility index (Phi) is 4.64. The lowest BCUT2D eigenvalue weighted by atomic mass is 9.96. The molecule has 0 radical (unpaired) electrons. The molecule has 6 nitrogen and oxygen atoms in total. The largest absolute Gasteiger partial charge is 0.406 e. The van der Waals surface area contributed by atoms with Crippen molar-refractivity contribution >= 4 is 29.2 Å². The molecule has 1 aliphatic heterocycles. The summed E-state index contributed by atoms with van der Waals surface area (Å²) in [6, 6.07) is 0. The minimum atomic E-state index is -4.49. The normalized spacial score (nSPS) is 19.4. The average Bonchev–Trinajstić information content (AvgIpc) is 2.71. The predicted octanol–water partition coefficient (Wildman–Crippen LogP) is 2.11. The van der Waals surface area contributed by atoms with Gasteiger partial charge in [-0.1, -0.05) is 11.6 Å². The topological polar surface area (TPSA) is 78.1 Å². The summed E-state index contributed by atoms with van der Waals surface area (Å²) in [7, 11) is 0. The summed E-state index contributed by atoms with van der Waals surface area (Å²) < 4.78 is 37.3. The third-order valence-corrected chi connectivity index (χ3v) is 3.79. The van der Waals surface area contributed by atoms with Crippen LogP contribution in [0.4, 0.5) is 19.0 Å². The van der Waals surface area contributed by atoms with Crippen LogP contribution in [0.1, 0.15) is 18.5 Å². The second-order valence-corrected chi connectivity index (χ2v) is 5.45. The molecular weight excluding hydrogens is 325 g/mol. The standard InChI is InChI=1S/C12H14ClF3N4O2/c1-6-8(13)9(19-18-6)17-10(21)7-3-2-4-20(11(7)22)5-12(14,15)16/h7H,2-5H2,1H3,(H2,17,18,19,21). The van der Waals surface area contributed by atoms with Gasteiger partial charge in [0.05, 0.1) is 5.69 Å². The summed E-state index contributed by atoms with van der Waals surface area (Å²) in [6.45, 7) is 0.282. The third-order valence-electron chi connectivity index (χ3n) is 3.33. The molecule has 0 aliphatic carbocycles. The molecule has 1 aliphatic rings. The fourth-order valence-corrected chi connectivity index (χ4v) is 2.39. The fraction of sp³-hybridized carbons (Fsp3) is 0.583. The van der Waals surface area contributed by atoms with Gasteiger partial charge in [-0.05, 0) is 19.8 Å². The smallest absolute Gasteiger partial charge is 0.333 e. The minimum absolute atomic E-state index is 0.00953. The Bertz CT molecular complexity index is 587. The van der Waals surface area contributed by atoms with E-state index in [9.17, 15) is 22.8 Å². The van der Waals surface area contributed by atoms with Crippen LogP contribution in [0.2, 0.25) is 5.02 Å². The Morgan fingerprint density at radius 3 is 2.77 bits per heavy atom. The molecule has 0 bridgehead atoms. The molecule has 1 fully saturated rings. The summed E-state index contributed by atoms with van der Waals surface area (Å²) in [6.07, 6.45) is -3.97. The second-order valence-electron chi connectivity index (χ2n) is 5.07. The Hall–Kier alpha value is -1.77. The number of hydrogen-bond donors (Lipinski definition) is 2. The number of hydrogen-bond acceptors (Lipinski definition) is 3. The van der Waals surface area contributed by atoms with Gasteiger partial charge in [-0.3, -0.25) is 14.7 Å². The molecule has 1 unspecified atom stereocenters. The predicted molar refractivity (Wildman–Crippen MR) is 72.3 cm³/mol. The van der Waals surface area contributed by atoms with E-state index >= 15 is 0 Å². The summed E-state index contributed by atoms with van der Waals surface area (Å²) in [4.78, 5) is 24.8. The van der Waals surface area contributed by atoms with E-state index in [1.165, 1.54) is 0 Å². The van der Waals surface area contributed by atoms with E-state index in [0.717, 1.165) is 0 Å². The summed E-state index contributed by atoms with van der Waals surface area (Å²) in [5, 5.41) is 8.89. The summed E-state index contributed by atoms with van der Waals surface area (Å²) in [5.41, 5.74) is 0.533. The van der Waals surface area contributed by atoms with E-state index in [-0.39, 0.29) is 23.8 Å². The van der Waals surface area contributed by atoms with Crippen molar-refractivity contribution in [3.8, 4) is 0 Å². The van der Waals surface area contributed by atoms with Crippen LogP contribution in [-0.2, 0) is 9.59 Å². The van der Waals surface area contributed by atoms with Crippen molar-refractivity contribution in [2.75, 3.05) is 18.4 Å². The Morgan fingerprint density at radius 2 is 2.23 bits per heavy atom. The first kappa shape index (κ1) is 16.6. The highest BCUT2D eigenvalue weighted by Gasteiger charge is 2.40. The number of H-pyrrole nitrogens is 1. The molecule has 1 aromatic rings. The molecule has 2 amide bonds. The molecule has 2 rings (SSSR count). The number of aryl methyl sites for hydroxylation is 1. The zero-order valence-corrected chi connectivity index (χ0v) is 12.4. The first-order chi connectivity index (χ1) is 10.2. The van der Waals surface area contributed by atoms with Crippen molar-refractivity contribution < 1.29 is 22.8 Å². The van der Waals surface area contributed by atoms with E-state index in [4.69, 9.17) is 11.6 Å². The highest BCUT2D eigenvalue weighted by molar-refractivity contribution is 6.34. The molecule has 1 atom stereocenters. The maximum absolute atomic E-state index is 12.4. The zero-order valence-electron chi connectivity index (χ0n) is 11.6. The van der Waals surface area contributed by atoms with Gasteiger partial charge in [-0.15, -0.1) is 0 Å². The molecule has 10 heteroatoms. The van der Waals surface area contributed by atoms with Crippen LogP contribution in [0.5, 0.6) is 0 Å². The molecular formula is C12H14ClF3N4O2. The number of amides is 2. The van der Waals surface area contributed by atoms with Gasteiger partial charge in [-0.25, -0.2) is 0 Å². The molecule has 2 N–H and O–H groups in total. The highest BCUT2D eigenvalue weighted by Crippen LogP contribution is 2.26. The van der Waals surface area contributed by atoms with Gasteiger partial charge in [0, 0.05) is 6.54 Å². The number of alkyl halides is 3. The minimum Gasteiger partial charge on any atom is -0.333 e. The lowest BCUT2D eigenvalue weighted by Crippen LogP contribution is -2.49. The lowest BCUT2D eigenvalue weighted by molar-refractivity contribution is -0.167. The quantitative estimate of drug-likeness (QED) is 0.829. The number of anilines is 1. The van der Waals surface area contributed by atoms with Gasteiger partial charge in [0.15, 0.2) is 5.82 Å². The van der Waals surface area contributed by atoms with E-state index in [0.29, 0.717) is 17.0 Å². The number of aromatic nitrogens is 2. The molecule has 0 saturated carbocycles. The first-order valence-electron chi connectivity index (χ1n) is 6.56. The van der Waals surface area contributed by atoms with Crippen LogP contribution < -0.4 is 5.32 Å². The molecule has 1 aromatic heterocycles. The molecule has 122 valence electrons. The maximum atomic E-state index is 12.4. The first-order valence-corrected chi connectivity index (χ1v) is 6.93. The number of carbonyl (C=O) groups is 2. The Labute approximate surface area is 129 Å². The van der Waals surface area contributed by atoms with E-state index in [1.807, 2.05) is 0 Å². The van der Waals surface area contributed by atoms with Crippen molar-refractivity contribution in [3.05, 3.63) is 10.7 Å². The lowest BCUT2D eigenvalue weighted by Gasteiger charge is -2.31. The monoisotopic (exact) mass is 338 g/mol. The van der Waals surface area contributed by atoms with Gasteiger partial charge < -0.3 is 10.2 Å². The van der Waals surface area contributed by atoms with Gasteiger partial charge in [-0.2, -0.15) is 18.3 Å². The molecule has 22 heavy (non-hydrogen) atoms. The molecule has 0 spiro atoms. The third kappa shape index (κ3) is 3.70. The van der Waals surface area contributed by atoms with Crippen molar-refractivity contribution in [3.63, 3.8) is 0 Å². The summed E-state index contributed by atoms with van der Waals surface area (Å²) in [5.74, 6) is -2.64. The Balaban J connectivity index is 2.06. The molecule has 1 saturated heterocycles. The highest BCUT2D eigenvalue weighted by atomic mass is 35.5. The fourth-order valence-electron chi connectivity index (χ4n) is 2.26. The maximum Gasteiger partial charge on any atom is 0.406 e. The van der Waals surface area contributed by atoms with Gasteiger partial charge in [0.2, 0.25) is 11.8 Å². The number of piperidine rings is 1. The van der Waals surface area contributed by atoms with Crippen LogP contribution in [0.3, 0.4) is 0 Å². The van der Waals surface area contributed by atoms with Crippen LogP contribution in [0.15, 0.2) is 0 Å². The number of likely N-dealkylation sites (tertiary alicyclic amines) is 1. The second kappa shape index (κ2) is 6.15. The Morgan fingerprint density at radius 1 is 1.55 bits per heavy atom. The number of carbonyl (C=O) groups excluding carboxylic acids is 2. The van der Waals surface area contributed by atoms with Crippen molar-refractivity contribution in [1.82, 2.24) is 15.1 Å². The number of nitrogens with one attached hydrogen (secondary N) is 2. The van der Waals surface area contributed by atoms with E-state index in [1.54, 1.807) is 6.92 Å². The van der Waals surface area contributed by atoms with Crippen LogP contribution in [0.25, 0.3) is 0 Å². The number of rotatable bonds is 3. The molecule has 0 aromatic carbocycles. The van der Waals surface area contributed by atoms with E-state index < -0.39 is 30.5 Å². The van der Waals surface area contributed by atoms with E-state index in [2.05, 4.69) is 15.5 Å². The van der Waals surface area contributed by atoms with Gasteiger partial charge in [0.25, 0.3) is 0 Å². The van der Waals surface area contributed by atoms with Crippen LogP contribution >= 0.6 is 11.6 Å². The van der Waals surface area contributed by atoms with Crippen molar-refractivity contribution in [2.24, 2.45) is 5.92 Å². The zero-order chi connectivity index (χ0) is 16.5. The van der Waals surface area contributed by atoms with Crippen LogP contribution in [-0.4, -0.2) is 46.2 Å². The van der Waals surface area contributed by atoms with Crippen LogP contribution in [0, 0.1) is 12.8 Å². The SMILES string of the molecule is Cc1[nH]nc(NC(=O)C2CCCN(CC(F)(F)F)C2=O)c1Cl. The number of aromatic amines is 1. The van der Waals surface area contributed by atoms with Crippen molar-refractivity contribution in [1.29, 1.82) is 0 Å². The van der Waals surface area contributed by atoms with Gasteiger partial charge in [0.1, 0.15) is 17.5 Å². The van der Waals surface area contributed by atoms with Gasteiger partial charge >= 0.3 is 6.18 Å². The average molecular weight is 339 g/mol.